The molecule has 709 valence electrons. The number of phenolic OH excluding ortho intramolecular Hbond substituents is 1. The van der Waals surface area contributed by atoms with E-state index in [0.717, 1.165) is 23.6 Å². The third kappa shape index (κ3) is 29.1. The fourth-order valence-corrected chi connectivity index (χ4v) is 11.1. The van der Waals surface area contributed by atoms with Crippen LogP contribution < -0.4 is 186 Å². The molecule has 0 atom stereocenters. The Bertz CT molecular complexity index is 4970. The summed E-state index contributed by atoms with van der Waals surface area (Å²) in [5, 5.41) is 27.2. The second-order valence-electron chi connectivity index (χ2n) is 28.0. The normalized spacial score (nSPS) is 19.0. The van der Waals surface area contributed by atoms with Gasteiger partial charge in [0.1, 0.15) is 34.4 Å². The van der Waals surface area contributed by atoms with E-state index in [0.29, 0.717) is 129 Å². The fourth-order valence-electron chi connectivity index (χ4n) is 10.2. The number of pyridine rings is 4. The maximum absolute atomic E-state index is 11.7. The monoisotopic (exact) mass is 2020 g/mol. The molecule has 3 fully saturated rings. The first-order chi connectivity index (χ1) is 108. The Morgan fingerprint density at radius 1 is 0.500 bits per heavy atom. The number of nitrogens with zero attached hydrogens (tertiary/aromatic N) is 4. The second kappa shape index (κ2) is 46.5. The predicted octanol–water partition coefficient (Wildman–Crippen LogP) is 14.2. The van der Waals surface area contributed by atoms with Gasteiger partial charge in [0.25, 0.3) is 30.1 Å². The van der Waals surface area contributed by atoms with Crippen LogP contribution in [0.4, 0.5) is 0 Å². The zero-order valence-corrected chi connectivity index (χ0v) is 79.9. The van der Waals surface area contributed by atoms with Gasteiger partial charge in [-0.3, -0.25) is 38.4 Å². The summed E-state index contributed by atoms with van der Waals surface area (Å²) in [5.41, 5.74) is 25.4. The second-order valence-corrected chi connectivity index (χ2v) is 30.1. The van der Waals surface area contributed by atoms with E-state index < -0.39 is 63.1 Å². The number of ether oxygens (including phenoxy) is 3. The van der Waals surface area contributed by atoms with E-state index in [9.17, 15) is 38.6 Å². The van der Waals surface area contributed by atoms with Crippen molar-refractivity contribution in [3.63, 3.8) is 0 Å². The van der Waals surface area contributed by atoms with E-state index in [1.54, 1.807) is 131 Å². The molecule has 12 rings (SSSR count). The molecule has 0 aliphatic carbocycles. The smallest absolute Gasteiger partial charge is 1.00 e. The molecule has 4 amide bonds. The SMILES string of the molecule is CC1(C)OB(B2OC(C)(C)C(C)(C)O2)OC1(C)C.Cc1nc(Cl)ccc1C(N)=O.Cc1nc(Oc2ccc(B3OC(C)(C)C(C)(C)O3)c(C=O)c2)ccc1C(N)=O.Cc1nc(Oc2ccc(Br)c(C=O)c2)ccc1C(N)=O.Cc1nc(Oc2ccc3c(c2)COB3O)ccc1C(N)=O.O=CO[O-].O=Cc1cc(O)ccc1Br.[2H][2H].[2H][2H].[2H][2H].[2H][2H].[2H][2H].[2H][2H].[2H][2H].[2H][2H].[2H][2H].[2H][2H].[2H][2H].[2H][2H].[2H][2H].[2H][2H].[2H][2H].[2H][2H].[2H][2H].[2H][2H].[2H][2H].[2H][2H].[2H][2H].[2H][2H].[2H][2H].[2H][2H].[2H][2H].[2H][2H].[2H][2H].[2H][2H].[2H][2H].[2H][2H].[2H][2H].[2H][2H].[2H][2H].[2H][2H].[2H][2H].[2H][2H].[2H][2H].[2H][2H].[2H][2H].[2H][2H].[2H][2H].[2H][2H].[2H][2H].[2H][2H].[2H][2H].[2H][2H].[2H][2H].[2H][2H].[2H][2H].[2H][2H].[2H][2H].[2H][2H].[2H][2H].[2H][2H].[2H][2H].[2H][2H].[B].[H-].[H-].[K+].[K+].[Na+]. The van der Waals surface area contributed by atoms with E-state index in [2.05, 4.69) is 56.7 Å². The summed E-state index contributed by atoms with van der Waals surface area (Å²) in [6.07, 6.45) is 2.15. The van der Waals surface area contributed by atoms with Crippen LogP contribution in [0.5, 0.6) is 40.6 Å². The Kier molecular flexibility index (Phi) is 18.9. The molecule has 10 N–H and O–H groups in total. The van der Waals surface area contributed by atoms with Gasteiger partial charge in [-0.15, -0.1) is 0 Å². The predicted molar refractivity (Wildman–Crippen MR) is 548 cm³/mol. The van der Waals surface area contributed by atoms with Crippen LogP contribution in [-0.2, 0) is 48.9 Å². The summed E-state index contributed by atoms with van der Waals surface area (Å²) < 4.78 is 619. The largest absolute Gasteiger partial charge is 1.00 e. The number of primary amides is 4. The van der Waals surface area contributed by atoms with Gasteiger partial charge in [0, 0.05) is 219 Å². The van der Waals surface area contributed by atoms with Crippen LogP contribution in [0, 0.1) is 27.7 Å². The molecule has 4 aromatic carbocycles. The summed E-state index contributed by atoms with van der Waals surface area (Å²) in [6, 6.07) is 32.4. The van der Waals surface area contributed by atoms with Crippen LogP contribution in [0.15, 0.2) is 130 Å². The van der Waals surface area contributed by atoms with E-state index in [1.165, 1.54) is 18.2 Å². The van der Waals surface area contributed by atoms with Crippen LogP contribution in [0.2, 0.25) is 5.15 Å². The Morgan fingerprint density at radius 3 is 1.15 bits per heavy atom. The first kappa shape index (κ1) is 47.2. The fraction of sp³-hybridized carbons (Fsp3) is 0.307. The number of hydrogen-bond acceptors (Lipinski definition) is 26. The third-order valence-electron chi connectivity index (χ3n) is 18.4. The number of benzene rings is 4. The molecule has 4 aromatic heterocycles. The number of aromatic nitrogens is 4. The molecule has 3 radical (unpaired) electrons. The Hall–Kier alpha value is -5.47. The molecule has 0 unspecified atom stereocenters. The van der Waals surface area contributed by atoms with Crippen molar-refractivity contribution >= 4 is 140 Å². The van der Waals surface area contributed by atoms with Crippen molar-refractivity contribution in [3.8, 4) is 40.6 Å². The molecule has 0 saturated carbocycles. The van der Waals surface area contributed by atoms with E-state index in [1.807, 2.05) is 83.1 Å². The molecule has 4 aliphatic heterocycles. The number of amides is 4. The average molecular weight is 2030 g/mol. The van der Waals surface area contributed by atoms with E-state index in [-0.39, 0.29) is 178 Å². The van der Waals surface area contributed by atoms with Crippen molar-refractivity contribution in [3.05, 3.63) is 203 Å². The van der Waals surface area contributed by atoms with Gasteiger partial charge in [-0.2, -0.15) is 0 Å². The maximum Gasteiger partial charge on any atom is 1.00 e. The van der Waals surface area contributed by atoms with Gasteiger partial charge in [0.05, 0.1) is 85.2 Å². The van der Waals surface area contributed by atoms with Gasteiger partial charge in [0.15, 0.2) is 12.6 Å². The van der Waals surface area contributed by atoms with Crippen molar-refractivity contribution in [2.75, 3.05) is 0 Å². The van der Waals surface area contributed by atoms with Crippen molar-refractivity contribution < 1.29 is 407 Å². The summed E-state index contributed by atoms with van der Waals surface area (Å²) in [5.74, 6) is 0.513. The third-order valence-corrected chi connectivity index (χ3v) is 20.1. The summed E-state index contributed by atoms with van der Waals surface area (Å²) in [6.45, 7) is 30.9. The number of fused-ring (bicyclic) bond motifs is 1. The number of nitrogens with two attached hydrogens (primary N) is 4. The average Bonchev–Trinajstić information content (AvgIpc) is 1.57. The first-order valence-electron chi connectivity index (χ1n) is 90.0. The summed E-state index contributed by atoms with van der Waals surface area (Å²) >= 11 is 12.0. The molecule has 0 bridgehead atoms. The van der Waals surface area contributed by atoms with Crippen molar-refractivity contribution in [2.24, 2.45) is 22.9 Å². The quantitative estimate of drug-likeness (QED) is 0.0172. The summed E-state index contributed by atoms with van der Waals surface area (Å²) in [7, 11) is -2.47. The summed E-state index contributed by atoms with van der Waals surface area (Å²) in [4.78, 5) is 105. The molecular formula is C75H198B5Br2ClK2N8NaO22. The van der Waals surface area contributed by atoms with Crippen molar-refractivity contribution in [1.82, 2.24) is 19.9 Å². The van der Waals surface area contributed by atoms with E-state index >= 15 is 0 Å². The van der Waals surface area contributed by atoms with Gasteiger partial charge in [0.2, 0.25) is 17.6 Å². The Labute approximate surface area is 980 Å². The van der Waals surface area contributed by atoms with Crippen LogP contribution in [-0.4, -0.2) is 149 Å². The van der Waals surface area contributed by atoms with Crippen LogP contribution in [0.1, 0.15) is 353 Å². The van der Waals surface area contributed by atoms with Gasteiger partial charge in [-0.25, -0.2) is 19.9 Å². The van der Waals surface area contributed by atoms with Crippen molar-refractivity contribution in [2.45, 2.75) is 151 Å². The van der Waals surface area contributed by atoms with Gasteiger partial charge < -0.3 is 92.9 Å². The first-order valence-corrected chi connectivity index (χ1v) is 36.0. The van der Waals surface area contributed by atoms with E-state index in [4.69, 9.17) is 263 Å². The number of carbonyl (C=O) groups is 8. The molecule has 41 heteroatoms. The topological polar surface area (TPSA) is 457 Å². The van der Waals surface area contributed by atoms with Crippen LogP contribution in [0.25, 0.3) is 0 Å². The Balaban J connectivity index is -0.0000000253. The van der Waals surface area contributed by atoms with Crippen LogP contribution >= 0.6 is 43.5 Å². The number of halogens is 3. The molecule has 4 aliphatic rings. The van der Waals surface area contributed by atoms with Gasteiger partial charge in [-0.05, 0) is 218 Å². The van der Waals surface area contributed by atoms with Gasteiger partial charge in [-0.1, -0.05) is 55.6 Å². The molecule has 30 nitrogen and oxygen atoms in total. The molecular weight excluding hydrogens is 1720 g/mol. The number of phenols is 1. The molecule has 8 heterocycles. The van der Waals surface area contributed by atoms with Crippen molar-refractivity contribution in [1.29, 1.82) is 0 Å². The number of carbonyl (C=O) groups excluding carboxylic acids is 8. The minimum Gasteiger partial charge on any atom is -1.00 e. The number of aryl methyl sites for hydroxylation is 4. The number of aldehydes is 3. The minimum atomic E-state index is -0.871. The molecule has 3 saturated heterocycles. The molecule has 116 heavy (non-hydrogen) atoms. The number of hydrogen-bond donors (Lipinski definition) is 6. The number of aromatic hydroxyl groups is 1. The molecule has 0 spiro atoms. The van der Waals surface area contributed by atoms with Gasteiger partial charge >= 0.3 is 161 Å². The molecule has 8 aromatic rings. The van der Waals surface area contributed by atoms with Crippen LogP contribution in [0.3, 0.4) is 0 Å². The standard InChI is InChI=1S/C20H23BN2O5.C14H13BN2O4.C14H11BrN2O3.C12H24B2O4.C7H5BrO2.C7H7ClN2O.CH2O3.B.2K.Na.56H2.2H/c1-12-15(18(22)25)7-9-17(23-12)26-14-6-8-16(13(10-14)11-24)21-27-19(2,3)20(4,5)28-21;1-8-11(14(16)18)3-5-13(17-8)21-10-2-4-12-9(6-10)7-20-15(12)19;1-8-11(14(16)19)3-5-13(17-8)20-10-2-4-12(15)9(6-10)7-18;1-9(2)10(3,4)16-13(15-9)14-17-11(5,6)12(7,8)18-14;8-7-2-1-6(10)3-5(7)4-9;1-4-5(7(9)11)2-3-6(8)10-4;2-1-4-3;;;;;;;;;;;;;;;;;;;;;;;;;;;;;;;;;;;;;;;;;;;;;;;;;;;;;;;;;;;;;;/h6-11H,1-5H3,(H2,22,25);2-6,19H,7H2,1H3,(H2,16,18);2-7H,1H3,(H2,16,19);1-8H3;1-4,10H;2-3H,1H3,(H2,9,11);1,3H;;;;;56*1H;;/q;;;;;;;;3*+1;;;;;;;;;;;;;;;;;;;;;;;;;;;;;;;;;;;;;;;;;;;;;;;;;;;;;;;;;2*-1/p-1/i;;;;;;;;;;;56*1+1D;;. The number of rotatable bonds is 16. The minimum absolute atomic E-state index is 0. The zero-order valence-electron chi connectivity index (χ0n) is 182. The Morgan fingerprint density at radius 2 is 0.810 bits per heavy atom. The zero-order chi connectivity index (χ0) is 196. The maximum atomic E-state index is 11.7.